The van der Waals surface area contributed by atoms with Crippen LogP contribution in [0.2, 0.25) is 0 Å². The number of nitrogens with zero attached hydrogens (tertiary/aromatic N) is 4. The Morgan fingerprint density at radius 1 is 1.46 bits per heavy atom. The lowest BCUT2D eigenvalue weighted by molar-refractivity contribution is 0.0240. The summed E-state index contributed by atoms with van der Waals surface area (Å²) in [6.45, 7) is 1.26. The van der Waals surface area contributed by atoms with Gasteiger partial charge in [0.05, 0.1) is 13.2 Å². The molecule has 0 atom stereocenters. The SMILES string of the molecule is N#CC(=CNc1ccc(OC2CCOCC2)c(F)c1)c1nn[nH]n1. The van der Waals surface area contributed by atoms with E-state index in [4.69, 9.17) is 14.7 Å². The Morgan fingerprint density at radius 2 is 2.29 bits per heavy atom. The first kappa shape index (κ1) is 15.9. The molecule has 3 rings (SSSR count). The first-order chi connectivity index (χ1) is 11.8. The maximum Gasteiger partial charge on any atom is 0.216 e. The van der Waals surface area contributed by atoms with Gasteiger partial charge in [-0.1, -0.05) is 0 Å². The molecule has 1 fully saturated rings. The number of H-pyrrole nitrogens is 1. The van der Waals surface area contributed by atoms with Crippen molar-refractivity contribution in [1.82, 2.24) is 20.6 Å². The van der Waals surface area contributed by atoms with Crippen LogP contribution in [-0.4, -0.2) is 39.9 Å². The Balaban J connectivity index is 1.67. The number of ether oxygens (including phenoxy) is 2. The van der Waals surface area contributed by atoms with Crippen LogP contribution in [0.15, 0.2) is 24.4 Å². The quantitative estimate of drug-likeness (QED) is 0.806. The summed E-state index contributed by atoms with van der Waals surface area (Å²) in [6, 6.07) is 6.46. The zero-order valence-electron chi connectivity index (χ0n) is 12.7. The van der Waals surface area contributed by atoms with Gasteiger partial charge in [-0.05, 0) is 17.3 Å². The Morgan fingerprint density at radius 3 is 2.96 bits per heavy atom. The molecule has 0 amide bonds. The van der Waals surface area contributed by atoms with E-state index in [-0.39, 0.29) is 23.3 Å². The van der Waals surface area contributed by atoms with Gasteiger partial charge in [0.2, 0.25) is 5.82 Å². The normalized spacial score (nSPS) is 15.8. The van der Waals surface area contributed by atoms with Crippen LogP contribution >= 0.6 is 0 Å². The van der Waals surface area contributed by atoms with E-state index in [1.807, 2.05) is 6.07 Å². The van der Waals surface area contributed by atoms with Crippen molar-refractivity contribution in [3.8, 4) is 11.8 Å². The van der Waals surface area contributed by atoms with Crippen LogP contribution in [0.25, 0.3) is 5.57 Å². The molecule has 0 aliphatic carbocycles. The number of aromatic amines is 1. The average Bonchev–Trinajstić information content (AvgIpc) is 3.13. The molecule has 1 aromatic carbocycles. The van der Waals surface area contributed by atoms with Crippen molar-refractivity contribution in [3.63, 3.8) is 0 Å². The van der Waals surface area contributed by atoms with Gasteiger partial charge in [-0.25, -0.2) is 4.39 Å². The molecule has 1 aliphatic heterocycles. The fourth-order valence-electron chi connectivity index (χ4n) is 2.24. The van der Waals surface area contributed by atoms with Crippen molar-refractivity contribution in [1.29, 1.82) is 5.26 Å². The molecule has 2 aromatic rings. The van der Waals surface area contributed by atoms with Crippen molar-refractivity contribution < 1.29 is 13.9 Å². The van der Waals surface area contributed by atoms with Gasteiger partial charge in [0, 0.05) is 30.8 Å². The summed E-state index contributed by atoms with van der Waals surface area (Å²) in [6.07, 6.45) is 2.85. The second-order valence-corrected chi connectivity index (χ2v) is 5.12. The number of halogens is 1. The van der Waals surface area contributed by atoms with Gasteiger partial charge in [0.15, 0.2) is 11.6 Å². The third-order valence-electron chi connectivity index (χ3n) is 3.48. The molecule has 0 radical (unpaired) electrons. The average molecular weight is 330 g/mol. The highest BCUT2D eigenvalue weighted by Crippen LogP contribution is 2.24. The third kappa shape index (κ3) is 3.85. The summed E-state index contributed by atoms with van der Waals surface area (Å²) in [5, 5.41) is 25.0. The number of nitrogens with one attached hydrogen (secondary N) is 2. The monoisotopic (exact) mass is 330 g/mol. The van der Waals surface area contributed by atoms with Gasteiger partial charge >= 0.3 is 0 Å². The number of nitriles is 1. The molecule has 9 heteroatoms. The molecule has 0 bridgehead atoms. The van der Waals surface area contributed by atoms with E-state index in [1.54, 1.807) is 12.1 Å². The van der Waals surface area contributed by atoms with Crippen molar-refractivity contribution in [2.24, 2.45) is 0 Å². The Bertz CT molecular complexity index is 750. The number of hydrogen-bond acceptors (Lipinski definition) is 7. The molecule has 2 N–H and O–H groups in total. The molecule has 2 heterocycles. The van der Waals surface area contributed by atoms with Crippen molar-refractivity contribution >= 4 is 11.3 Å². The number of tetrazole rings is 1. The molecule has 24 heavy (non-hydrogen) atoms. The highest BCUT2D eigenvalue weighted by molar-refractivity contribution is 5.74. The van der Waals surface area contributed by atoms with Crippen LogP contribution in [0.1, 0.15) is 18.7 Å². The number of hydrogen-bond donors (Lipinski definition) is 2. The number of benzene rings is 1. The molecule has 0 spiro atoms. The molecule has 0 saturated carbocycles. The van der Waals surface area contributed by atoms with E-state index in [1.165, 1.54) is 12.3 Å². The van der Waals surface area contributed by atoms with E-state index in [2.05, 4.69) is 25.9 Å². The van der Waals surface area contributed by atoms with Crippen LogP contribution in [0.4, 0.5) is 10.1 Å². The summed E-state index contributed by atoms with van der Waals surface area (Å²) >= 11 is 0. The van der Waals surface area contributed by atoms with E-state index in [9.17, 15) is 4.39 Å². The predicted molar refractivity (Wildman–Crippen MR) is 82.3 cm³/mol. The van der Waals surface area contributed by atoms with E-state index in [0.717, 1.165) is 12.8 Å². The Hall–Kier alpha value is -2.99. The Kier molecular flexibility index (Phi) is 4.98. The van der Waals surface area contributed by atoms with Crippen LogP contribution in [0.3, 0.4) is 0 Å². The zero-order chi connectivity index (χ0) is 16.8. The number of allylic oxidation sites excluding steroid dienone is 1. The minimum Gasteiger partial charge on any atom is -0.487 e. The lowest BCUT2D eigenvalue weighted by Crippen LogP contribution is -2.26. The van der Waals surface area contributed by atoms with Crippen molar-refractivity contribution in [2.45, 2.75) is 18.9 Å². The molecule has 0 unspecified atom stereocenters. The second kappa shape index (κ2) is 7.52. The molecule has 124 valence electrons. The maximum absolute atomic E-state index is 14.2. The predicted octanol–water partition coefficient (Wildman–Crippen LogP) is 1.87. The maximum atomic E-state index is 14.2. The van der Waals surface area contributed by atoms with E-state index >= 15 is 0 Å². The van der Waals surface area contributed by atoms with Crippen LogP contribution < -0.4 is 10.1 Å². The summed E-state index contributed by atoms with van der Waals surface area (Å²) in [5.41, 5.74) is 0.648. The first-order valence-corrected chi connectivity index (χ1v) is 7.41. The van der Waals surface area contributed by atoms with Crippen molar-refractivity contribution in [2.75, 3.05) is 18.5 Å². The van der Waals surface area contributed by atoms with E-state index < -0.39 is 5.82 Å². The molecule has 1 aromatic heterocycles. The number of rotatable bonds is 5. The summed E-state index contributed by atoms with van der Waals surface area (Å²) in [7, 11) is 0. The van der Waals surface area contributed by atoms with Crippen LogP contribution in [0.5, 0.6) is 5.75 Å². The summed E-state index contributed by atoms with van der Waals surface area (Å²) < 4.78 is 25.1. The largest absolute Gasteiger partial charge is 0.487 e. The summed E-state index contributed by atoms with van der Waals surface area (Å²) in [4.78, 5) is 0. The van der Waals surface area contributed by atoms with Gasteiger partial charge in [-0.15, -0.1) is 10.2 Å². The highest BCUT2D eigenvalue weighted by Gasteiger charge is 2.17. The van der Waals surface area contributed by atoms with E-state index in [0.29, 0.717) is 18.9 Å². The molecule has 1 aliphatic rings. The fraction of sp³-hybridized carbons (Fsp3) is 0.333. The second-order valence-electron chi connectivity index (χ2n) is 5.12. The smallest absolute Gasteiger partial charge is 0.216 e. The lowest BCUT2D eigenvalue weighted by Gasteiger charge is -2.23. The van der Waals surface area contributed by atoms with Gasteiger partial charge in [0.1, 0.15) is 17.7 Å². The standard InChI is InChI=1S/C15H15FN6O2/c16-13-7-11(18-9-10(8-17)15-19-21-22-20-15)1-2-14(13)24-12-3-5-23-6-4-12/h1-2,7,9,12,18H,3-6H2,(H,19,20,21,22). The zero-order valence-corrected chi connectivity index (χ0v) is 12.7. The molecular formula is C15H15FN6O2. The summed E-state index contributed by atoms with van der Waals surface area (Å²) in [5.74, 6) is -0.113. The lowest BCUT2D eigenvalue weighted by atomic mass is 10.1. The number of aromatic nitrogens is 4. The van der Waals surface area contributed by atoms with Gasteiger partial charge < -0.3 is 14.8 Å². The minimum atomic E-state index is -0.474. The number of anilines is 1. The van der Waals surface area contributed by atoms with Gasteiger partial charge in [0.25, 0.3) is 0 Å². The van der Waals surface area contributed by atoms with Crippen LogP contribution in [0, 0.1) is 17.1 Å². The van der Waals surface area contributed by atoms with Gasteiger partial charge in [-0.2, -0.15) is 10.5 Å². The fourth-order valence-corrected chi connectivity index (χ4v) is 2.24. The third-order valence-corrected chi connectivity index (χ3v) is 3.48. The molecule has 1 saturated heterocycles. The van der Waals surface area contributed by atoms with Crippen LogP contribution in [-0.2, 0) is 4.74 Å². The molecule has 8 nitrogen and oxygen atoms in total. The topological polar surface area (TPSA) is 109 Å². The van der Waals surface area contributed by atoms with Crippen molar-refractivity contribution in [3.05, 3.63) is 36.0 Å². The minimum absolute atomic E-state index is 0.0320. The van der Waals surface area contributed by atoms with Gasteiger partial charge in [-0.3, -0.25) is 0 Å². The molecular weight excluding hydrogens is 315 g/mol. The Labute approximate surface area is 137 Å². The highest BCUT2D eigenvalue weighted by atomic mass is 19.1. The first-order valence-electron chi connectivity index (χ1n) is 7.41.